The number of nitriles is 1. The molecule has 0 amide bonds. The first-order valence-corrected chi connectivity index (χ1v) is 34.1. The first-order valence-electron chi connectivity index (χ1n) is 34.1. The van der Waals surface area contributed by atoms with E-state index in [0.29, 0.717) is 28.2 Å². The van der Waals surface area contributed by atoms with Crippen molar-refractivity contribution < 1.29 is 4.42 Å². The van der Waals surface area contributed by atoms with Crippen molar-refractivity contribution in [1.29, 1.82) is 5.26 Å². The smallest absolute Gasteiger partial charge is 0.163 e. The summed E-state index contributed by atoms with van der Waals surface area (Å²) in [7, 11) is 0. The van der Waals surface area contributed by atoms with E-state index in [0.717, 1.165) is 116 Å². The summed E-state index contributed by atoms with van der Waals surface area (Å²) in [5.41, 5.74) is 20.8. The number of aromatic nitrogens is 5. The van der Waals surface area contributed by atoms with Gasteiger partial charge in [0.2, 0.25) is 0 Å². The number of hydrogen-bond donors (Lipinski definition) is 0. The molecule has 0 radical (unpaired) electrons. The number of para-hydroxylation sites is 1. The van der Waals surface area contributed by atoms with Crippen LogP contribution in [0.4, 0.5) is 0 Å². The van der Waals surface area contributed by atoms with Gasteiger partial charge >= 0.3 is 0 Å². The summed E-state index contributed by atoms with van der Waals surface area (Å²) < 4.78 is 15.5. The Balaban J connectivity index is 1.24. The fraction of sp³-hybridized carbons (Fsp3) is 0.270. The van der Waals surface area contributed by atoms with Crippen LogP contribution in [0.15, 0.2) is 199 Å². The number of furan rings is 1. The Kier molecular flexibility index (Phi) is 13.9. The zero-order chi connectivity index (χ0) is 67.7. The summed E-state index contributed by atoms with van der Waals surface area (Å²) in [5, 5.41) is 21.3. The van der Waals surface area contributed by atoms with Gasteiger partial charge < -0.3 is 18.1 Å². The van der Waals surface area contributed by atoms with Crippen LogP contribution in [-0.2, 0) is 32.5 Å². The van der Waals surface area contributed by atoms with E-state index in [1.54, 1.807) is 0 Å². The molecule has 15 aromatic rings. The zero-order valence-electron chi connectivity index (χ0n) is 59.1. The minimum atomic E-state index is -0.158. The molecule has 0 aliphatic rings. The van der Waals surface area contributed by atoms with Crippen molar-refractivity contribution in [3.8, 4) is 57.0 Å². The molecule has 0 saturated heterocycles. The predicted molar refractivity (Wildman–Crippen MR) is 406 cm³/mol. The molecular formula is C89H86N6O. The molecule has 0 unspecified atom stereocenters. The predicted octanol–water partition coefficient (Wildman–Crippen LogP) is 24.3. The van der Waals surface area contributed by atoms with E-state index < -0.39 is 0 Å². The number of nitrogens with zero attached hydrogens (tertiary/aromatic N) is 6. The quantitative estimate of drug-likeness (QED) is 0.166. The van der Waals surface area contributed by atoms with Crippen LogP contribution in [-0.4, -0.2) is 23.7 Å². The lowest BCUT2D eigenvalue weighted by Crippen LogP contribution is -2.13. The normalized spacial score (nSPS) is 13.1. The average molecular weight is 1260 g/mol. The van der Waals surface area contributed by atoms with Gasteiger partial charge in [-0.05, 0) is 151 Å². The first kappa shape index (κ1) is 62.1. The van der Waals surface area contributed by atoms with Gasteiger partial charge in [-0.3, -0.25) is 0 Å². The van der Waals surface area contributed by atoms with Crippen LogP contribution in [0, 0.1) is 11.3 Å². The van der Waals surface area contributed by atoms with Crippen molar-refractivity contribution in [2.75, 3.05) is 0 Å². The minimum Gasteiger partial charge on any atom is -0.453 e. The highest BCUT2D eigenvalue weighted by atomic mass is 16.3. The fourth-order valence-electron chi connectivity index (χ4n) is 14.6. The topological polar surface area (TPSA) is 77.5 Å². The Hall–Kier alpha value is -10.0. The van der Waals surface area contributed by atoms with Gasteiger partial charge in [0.25, 0.3) is 0 Å². The van der Waals surface area contributed by atoms with Crippen LogP contribution in [0.1, 0.15) is 164 Å². The van der Waals surface area contributed by atoms with Gasteiger partial charge in [0.05, 0.1) is 66.8 Å². The summed E-state index contributed by atoms with van der Waals surface area (Å²) in [6.07, 6.45) is 0. The molecule has 0 saturated carbocycles. The maximum atomic E-state index is 13.0. The summed E-state index contributed by atoms with van der Waals surface area (Å²) in [6, 6.07) is 74.5. The molecule has 5 aromatic heterocycles. The largest absolute Gasteiger partial charge is 0.453 e. The summed E-state index contributed by atoms with van der Waals surface area (Å²) in [6.45, 7) is 41.4. The summed E-state index contributed by atoms with van der Waals surface area (Å²) in [4.78, 5) is 10.7. The second kappa shape index (κ2) is 21.5. The van der Waals surface area contributed by atoms with Gasteiger partial charge in [-0.2, -0.15) is 5.26 Å². The number of rotatable bonds is 6. The van der Waals surface area contributed by atoms with E-state index in [-0.39, 0.29) is 32.5 Å². The van der Waals surface area contributed by atoms with Gasteiger partial charge in [-0.15, -0.1) is 0 Å². The van der Waals surface area contributed by atoms with Crippen molar-refractivity contribution in [3.05, 3.63) is 233 Å². The van der Waals surface area contributed by atoms with Crippen LogP contribution < -0.4 is 0 Å². The van der Waals surface area contributed by atoms with E-state index in [9.17, 15) is 5.26 Å². The average Bonchev–Trinajstić information content (AvgIpc) is 1.50. The highest BCUT2D eigenvalue weighted by Gasteiger charge is 2.36. The Morgan fingerprint density at radius 1 is 0.312 bits per heavy atom. The summed E-state index contributed by atoms with van der Waals surface area (Å²) in [5.74, 6) is 0.601. The van der Waals surface area contributed by atoms with Crippen molar-refractivity contribution in [1.82, 2.24) is 23.7 Å². The lowest BCUT2D eigenvalue weighted by molar-refractivity contribution is 0.590. The van der Waals surface area contributed by atoms with Crippen molar-refractivity contribution in [3.63, 3.8) is 0 Å². The Morgan fingerprint density at radius 3 is 1.00 bits per heavy atom. The standard InChI is InChI=1S/C89H86N6O/c1-84(2,3)54-32-38-71-62(44-54)63-45-55(85(4,5)6)33-39-72(63)93(71)78-68(51-90)77-61-31-25-30-60(70-50-69(52-26-21-19-22-27-52)91-83(92-70)53-28-23-20-24-29-53)81(61)96-82(77)80(95-75-42-36-58(88(13,14)15)48-66(75)67-49-59(89(16,17)18)37-43-76(67)95)79(78)94-73-40-34-56(86(7,8)9)46-64(73)65-47-57(87(10,11)12)35-41-74(65)94/h19-50H,1-18H3. The van der Waals surface area contributed by atoms with Crippen LogP contribution in [0.5, 0.6) is 0 Å². The van der Waals surface area contributed by atoms with E-state index in [2.05, 4.69) is 314 Å². The molecule has 96 heavy (non-hydrogen) atoms. The molecule has 0 aliphatic heterocycles. The molecule has 5 heterocycles. The molecule has 0 spiro atoms. The van der Waals surface area contributed by atoms with Crippen molar-refractivity contribution in [2.24, 2.45) is 0 Å². The van der Waals surface area contributed by atoms with Gasteiger partial charge in [-0.25, -0.2) is 9.97 Å². The molecule has 0 atom stereocenters. The number of fused-ring (bicyclic) bond motifs is 12. The Labute approximate surface area is 564 Å². The third kappa shape index (κ3) is 10.0. The molecular weight excluding hydrogens is 1170 g/mol. The minimum absolute atomic E-state index is 0.155. The molecule has 10 aromatic carbocycles. The van der Waals surface area contributed by atoms with Crippen LogP contribution in [0.2, 0.25) is 0 Å². The number of hydrogen-bond acceptors (Lipinski definition) is 4. The maximum absolute atomic E-state index is 13.0. The lowest BCUT2D eigenvalue weighted by Gasteiger charge is -2.25. The van der Waals surface area contributed by atoms with Gasteiger partial charge in [0.1, 0.15) is 17.3 Å². The first-order chi connectivity index (χ1) is 45.4. The van der Waals surface area contributed by atoms with Crippen LogP contribution in [0.3, 0.4) is 0 Å². The molecule has 0 bridgehead atoms. The highest BCUT2D eigenvalue weighted by Crippen LogP contribution is 2.52. The molecule has 0 N–H and O–H groups in total. The van der Waals surface area contributed by atoms with E-state index >= 15 is 0 Å². The van der Waals surface area contributed by atoms with Crippen LogP contribution in [0.25, 0.3) is 138 Å². The lowest BCUT2D eigenvalue weighted by atomic mass is 9.85. The van der Waals surface area contributed by atoms with Gasteiger partial charge in [0, 0.05) is 54.4 Å². The molecule has 15 rings (SSSR count). The second-order valence-electron chi connectivity index (χ2n) is 33.1. The zero-order valence-corrected chi connectivity index (χ0v) is 59.1. The van der Waals surface area contributed by atoms with Crippen molar-refractivity contribution in [2.45, 2.75) is 157 Å². The number of benzene rings is 10. The third-order valence-electron chi connectivity index (χ3n) is 20.2. The third-order valence-corrected chi connectivity index (χ3v) is 20.2. The van der Waals surface area contributed by atoms with Crippen LogP contribution >= 0.6 is 0 Å². The van der Waals surface area contributed by atoms with Gasteiger partial charge in [-0.1, -0.05) is 234 Å². The van der Waals surface area contributed by atoms with E-state index in [4.69, 9.17) is 14.4 Å². The Bertz CT molecular complexity index is 5480. The van der Waals surface area contributed by atoms with E-state index in [1.807, 2.05) is 24.3 Å². The van der Waals surface area contributed by atoms with Crippen molar-refractivity contribution >= 4 is 87.4 Å². The van der Waals surface area contributed by atoms with Gasteiger partial charge in [0.15, 0.2) is 11.4 Å². The molecule has 0 fully saturated rings. The summed E-state index contributed by atoms with van der Waals surface area (Å²) >= 11 is 0. The molecule has 7 nitrogen and oxygen atoms in total. The van der Waals surface area contributed by atoms with E-state index in [1.165, 1.54) is 33.4 Å². The second-order valence-corrected chi connectivity index (χ2v) is 33.1. The highest BCUT2D eigenvalue weighted by molar-refractivity contribution is 6.21. The SMILES string of the molecule is CC(C)(C)c1ccc2c(c1)c1cc(C(C)(C)C)ccc1n2-c1c(-n2c3ccc(C(C)(C)C)cc3c3cc(C(C)(C)C)ccc32)c(C#N)c2c(oc3c(-c4cc(-c5ccccc5)nc(-c5ccccc5)n4)cccc32)c1-n1c2ccc(C(C)(C)C)cc2c2cc(C(C)(C)C)ccc21. The molecule has 7 heteroatoms. The maximum Gasteiger partial charge on any atom is 0.163 e. The fourth-order valence-corrected chi connectivity index (χ4v) is 14.6. The monoisotopic (exact) mass is 1250 g/mol. The molecule has 478 valence electrons. The molecule has 0 aliphatic carbocycles. The Morgan fingerprint density at radius 2 is 0.646 bits per heavy atom.